The van der Waals surface area contributed by atoms with Gasteiger partial charge in [-0.3, -0.25) is 10.1 Å². The van der Waals surface area contributed by atoms with Gasteiger partial charge in [0.05, 0.1) is 18.4 Å². The number of anilines is 1. The van der Waals surface area contributed by atoms with Crippen LogP contribution < -0.4 is 15.4 Å². The van der Waals surface area contributed by atoms with Gasteiger partial charge in [0.1, 0.15) is 10.8 Å². The van der Waals surface area contributed by atoms with E-state index in [0.29, 0.717) is 27.8 Å². The number of methoxy groups -OCH3 is 1. The lowest BCUT2D eigenvalue weighted by Gasteiger charge is -2.15. The number of aryl methyl sites for hydroxylation is 2. The van der Waals surface area contributed by atoms with Crippen molar-refractivity contribution in [3.63, 3.8) is 0 Å². The zero-order valence-electron chi connectivity index (χ0n) is 16.8. The van der Waals surface area contributed by atoms with Crippen LogP contribution in [0.15, 0.2) is 40.9 Å². The van der Waals surface area contributed by atoms with Crippen molar-refractivity contribution >= 4 is 61.2 Å². The molecule has 4 aromatic rings. The molecule has 0 saturated carbocycles. The normalized spacial score (nSPS) is 10.8. The van der Waals surface area contributed by atoms with E-state index in [9.17, 15) is 4.79 Å². The van der Waals surface area contributed by atoms with Gasteiger partial charge in [0.25, 0.3) is 5.91 Å². The zero-order chi connectivity index (χ0) is 22.1. The summed E-state index contributed by atoms with van der Waals surface area (Å²) >= 11 is 10.2. The Hall–Kier alpha value is -2.89. The molecule has 0 unspecified atom stereocenters. The van der Waals surface area contributed by atoms with E-state index in [1.807, 2.05) is 44.2 Å². The molecule has 0 fully saturated rings. The van der Waals surface area contributed by atoms with Crippen LogP contribution in [0.5, 0.6) is 5.75 Å². The number of carbonyl (C=O) groups is 1. The third-order valence-corrected chi connectivity index (χ3v) is 6.06. The molecule has 4 rings (SSSR count). The van der Waals surface area contributed by atoms with E-state index in [-0.39, 0.29) is 11.0 Å². The summed E-state index contributed by atoms with van der Waals surface area (Å²) in [5.74, 6) is 0.841. The molecule has 0 radical (unpaired) electrons. The SMILES string of the molecule is COc1c(C)cc(Br)cc1C(=O)NC(=S)Nc1ccccc1-c1nn2c(C)nnc2s1. The maximum absolute atomic E-state index is 12.8. The van der Waals surface area contributed by atoms with Gasteiger partial charge in [-0.1, -0.05) is 39.4 Å². The Labute approximate surface area is 195 Å². The fourth-order valence-corrected chi connectivity index (χ4v) is 4.80. The van der Waals surface area contributed by atoms with Crippen LogP contribution in [0.1, 0.15) is 21.7 Å². The quantitative estimate of drug-likeness (QED) is 0.389. The third-order valence-electron chi connectivity index (χ3n) is 4.47. The van der Waals surface area contributed by atoms with Gasteiger partial charge in [-0.15, -0.1) is 10.2 Å². The number of fused-ring (bicyclic) bond motifs is 1. The van der Waals surface area contributed by atoms with Crippen LogP contribution >= 0.6 is 39.5 Å². The second-order valence-corrected chi connectivity index (χ2v) is 8.89. The number of amides is 1. The molecule has 0 aliphatic heterocycles. The van der Waals surface area contributed by atoms with Gasteiger partial charge in [-0.2, -0.15) is 9.61 Å². The fraction of sp³-hybridized carbons (Fsp3) is 0.150. The van der Waals surface area contributed by atoms with Crippen molar-refractivity contribution in [3.05, 3.63) is 57.8 Å². The highest BCUT2D eigenvalue weighted by Crippen LogP contribution is 2.32. The van der Waals surface area contributed by atoms with Gasteiger partial charge in [-0.05, 0) is 55.9 Å². The second-order valence-electron chi connectivity index (χ2n) is 6.61. The molecule has 2 heterocycles. The highest BCUT2D eigenvalue weighted by Gasteiger charge is 2.18. The first-order valence-electron chi connectivity index (χ1n) is 9.12. The van der Waals surface area contributed by atoms with Crippen molar-refractivity contribution in [1.29, 1.82) is 0 Å². The molecule has 2 N–H and O–H groups in total. The lowest BCUT2D eigenvalue weighted by atomic mass is 10.1. The molecule has 11 heteroatoms. The van der Waals surface area contributed by atoms with E-state index in [1.165, 1.54) is 18.4 Å². The summed E-state index contributed by atoms with van der Waals surface area (Å²) in [4.78, 5) is 13.5. The van der Waals surface area contributed by atoms with Gasteiger partial charge in [-0.25, -0.2) is 0 Å². The van der Waals surface area contributed by atoms with Crippen LogP contribution in [-0.2, 0) is 0 Å². The van der Waals surface area contributed by atoms with Gasteiger partial charge in [0, 0.05) is 10.0 Å². The Kier molecular flexibility index (Phi) is 5.99. The standard InChI is InChI=1S/C20H17BrN6O2S2/c1-10-8-12(21)9-14(16(10)29-3)17(28)23-19(30)22-15-7-5-4-6-13(15)18-26-27-11(2)24-25-20(27)31-18/h4-9H,1-3H3,(H2,22,23,28,30). The van der Waals surface area contributed by atoms with Gasteiger partial charge in [0.2, 0.25) is 4.96 Å². The van der Waals surface area contributed by atoms with Crippen LogP contribution in [0.4, 0.5) is 5.69 Å². The number of ether oxygens (including phenoxy) is 1. The Morgan fingerprint density at radius 3 is 2.74 bits per heavy atom. The van der Waals surface area contributed by atoms with E-state index in [4.69, 9.17) is 17.0 Å². The Bertz CT molecular complexity index is 1320. The number of hydrogen-bond donors (Lipinski definition) is 2. The maximum Gasteiger partial charge on any atom is 0.261 e. The molecule has 0 saturated heterocycles. The number of halogens is 1. The van der Waals surface area contributed by atoms with Crippen LogP contribution in [0.3, 0.4) is 0 Å². The second kappa shape index (κ2) is 8.69. The number of nitrogens with one attached hydrogen (secondary N) is 2. The van der Waals surface area contributed by atoms with Crippen molar-refractivity contribution in [2.24, 2.45) is 0 Å². The van der Waals surface area contributed by atoms with Crippen molar-refractivity contribution in [3.8, 4) is 16.3 Å². The molecule has 0 spiro atoms. The van der Waals surface area contributed by atoms with Gasteiger partial charge < -0.3 is 10.1 Å². The highest BCUT2D eigenvalue weighted by molar-refractivity contribution is 9.10. The monoisotopic (exact) mass is 516 g/mol. The number of aromatic nitrogens is 4. The van der Waals surface area contributed by atoms with Crippen molar-refractivity contribution in [2.75, 3.05) is 12.4 Å². The van der Waals surface area contributed by atoms with Crippen LogP contribution in [0.25, 0.3) is 15.5 Å². The summed E-state index contributed by atoms with van der Waals surface area (Å²) in [6.45, 7) is 3.71. The topological polar surface area (TPSA) is 93.4 Å². The first-order valence-corrected chi connectivity index (χ1v) is 11.1. The summed E-state index contributed by atoms with van der Waals surface area (Å²) < 4.78 is 7.86. The van der Waals surface area contributed by atoms with Crippen LogP contribution in [0.2, 0.25) is 0 Å². The molecule has 158 valence electrons. The molecule has 0 aliphatic carbocycles. The number of hydrogen-bond acceptors (Lipinski definition) is 7. The average Bonchev–Trinajstić information content (AvgIpc) is 3.30. The molecular formula is C20H17BrN6O2S2. The number of rotatable bonds is 4. The Morgan fingerprint density at radius 1 is 1.23 bits per heavy atom. The van der Waals surface area contributed by atoms with Gasteiger partial charge in [0.15, 0.2) is 10.9 Å². The van der Waals surface area contributed by atoms with Crippen molar-refractivity contribution in [2.45, 2.75) is 13.8 Å². The van der Waals surface area contributed by atoms with Crippen molar-refractivity contribution in [1.82, 2.24) is 25.1 Å². The Morgan fingerprint density at radius 2 is 2.00 bits per heavy atom. The minimum absolute atomic E-state index is 0.163. The molecule has 2 aromatic carbocycles. The smallest absolute Gasteiger partial charge is 0.261 e. The van der Waals surface area contributed by atoms with E-state index < -0.39 is 0 Å². The van der Waals surface area contributed by atoms with Crippen LogP contribution in [0, 0.1) is 13.8 Å². The molecule has 1 amide bonds. The first-order chi connectivity index (χ1) is 14.9. The number of thiocarbonyl (C=S) groups is 1. The summed E-state index contributed by atoms with van der Waals surface area (Å²) in [7, 11) is 1.53. The molecular weight excluding hydrogens is 500 g/mol. The number of nitrogens with zero attached hydrogens (tertiary/aromatic N) is 4. The number of carbonyl (C=O) groups excluding carboxylic acids is 1. The molecule has 0 aliphatic rings. The predicted molar refractivity (Wildman–Crippen MR) is 128 cm³/mol. The minimum atomic E-state index is -0.370. The minimum Gasteiger partial charge on any atom is -0.496 e. The molecule has 31 heavy (non-hydrogen) atoms. The average molecular weight is 517 g/mol. The molecule has 2 aromatic heterocycles. The van der Waals surface area contributed by atoms with Crippen molar-refractivity contribution < 1.29 is 9.53 Å². The van der Waals surface area contributed by atoms with E-state index >= 15 is 0 Å². The van der Waals surface area contributed by atoms with Gasteiger partial charge >= 0.3 is 0 Å². The summed E-state index contributed by atoms with van der Waals surface area (Å²) in [5.41, 5.74) is 2.78. The summed E-state index contributed by atoms with van der Waals surface area (Å²) in [6.07, 6.45) is 0. The lowest BCUT2D eigenvalue weighted by molar-refractivity contribution is 0.0974. The zero-order valence-corrected chi connectivity index (χ0v) is 20.0. The largest absolute Gasteiger partial charge is 0.496 e. The van der Waals surface area contributed by atoms with E-state index in [1.54, 1.807) is 10.6 Å². The van der Waals surface area contributed by atoms with E-state index in [0.717, 1.165) is 20.6 Å². The Balaban J connectivity index is 1.57. The first kappa shape index (κ1) is 21.3. The number of benzene rings is 2. The summed E-state index contributed by atoms with van der Waals surface area (Å²) in [5, 5.41) is 19.4. The highest BCUT2D eigenvalue weighted by atomic mass is 79.9. The number of para-hydroxylation sites is 1. The molecule has 0 bridgehead atoms. The predicted octanol–water partition coefficient (Wildman–Crippen LogP) is 4.37. The fourth-order valence-electron chi connectivity index (χ4n) is 3.10. The lowest BCUT2D eigenvalue weighted by Crippen LogP contribution is -2.34. The third kappa shape index (κ3) is 4.29. The molecule has 8 nitrogen and oxygen atoms in total. The van der Waals surface area contributed by atoms with E-state index in [2.05, 4.69) is 41.9 Å². The van der Waals surface area contributed by atoms with Crippen LogP contribution in [-0.4, -0.2) is 37.9 Å². The summed E-state index contributed by atoms with van der Waals surface area (Å²) in [6, 6.07) is 11.2. The molecule has 0 atom stereocenters. The maximum atomic E-state index is 12.8.